The van der Waals surface area contributed by atoms with Crippen LogP contribution in [0.25, 0.3) is 0 Å². The van der Waals surface area contributed by atoms with Crippen LogP contribution < -0.4 is 5.32 Å². The Bertz CT molecular complexity index is 1260. The van der Waals surface area contributed by atoms with E-state index in [1.54, 1.807) is 48.2 Å². The lowest BCUT2D eigenvalue weighted by molar-refractivity contribution is -0.268. The molecule has 4 rings (SSSR count). The monoisotopic (exact) mass is 549 g/mol. The van der Waals surface area contributed by atoms with Crippen LogP contribution in [0.2, 0.25) is 0 Å². The highest BCUT2D eigenvalue weighted by atomic mass is 32.2. The number of hydrogen-bond donors (Lipinski definition) is 3. The van der Waals surface area contributed by atoms with Gasteiger partial charge in [-0.2, -0.15) is 0 Å². The predicted octanol–water partition coefficient (Wildman–Crippen LogP) is 6.20. The molecule has 1 heterocycles. The van der Waals surface area contributed by atoms with Crippen LogP contribution in [0, 0.1) is 5.92 Å². The van der Waals surface area contributed by atoms with Crippen LogP contribution in [0.4, 0.5) is 10.5 Å². The topological polar surface area (TPSA) is 114 Å². The van der Waals surface area contributed by atoms with Crippen molar-refractivity contribution in [1.82, 2.24) is 0 Å². The molecule has 0 aromatic heterocycles. The van der Waals surface area contributed by atoms with Crippen molar-refractivity contribution in [2.24, 2.45) is 5.92 Å². The van der Waals surface area contributed by atoms with E-state index >= 15 is 0 Å². The smallest absolute Gasteiger partial charge is 0.411 e. The molecule has 3 aromatic rings. The van der Waals surface area contributed by atoms with Crippen LogP contribution in [-0.4, -0.2) is 40.7 Å². The number of amides is 1. The van der Waals surface area contributed by atoms with E-state index in [-0.39, 0.29) is 36.9 Å². The largest absolute Gasteiger partial charge is 0.478 e. The van der Waals surface area contributed by atoms with Crippen LogP contribution in [0.15, 0.2) is 90.3 Å². The van der Waals surface area contributed by atoms with Gasteiger partial charge in [0.15, 0.2) is 6.29 Å². The number of ether oxygens (including phenoxy) is 3. The molecule has 1 fully saturated rings. The van der Waals surface area contributed by atoms with Gasteiger partial charge in [-0.05, 0) is 47.5 Å². The number of aliphatic hydroxyl groups is 1. The fraction of sp³-hybridized carbons (Fsp3) is 0.267. The molecule has 0 bridgehead atoms. The van der Waals surface area contributed by atoms with Crippen molar-refractivity contribution in [3.8, 4) is 0 Å². The number of carboxylic acid groups (broad SMARTS) is 1. The molecule has 0 unspecified atom stereocenters. The number of carbonyl (C=O) groups excluding carboxylic acids is 1. The first-order chi connectivity index (χ1) is 18.9. The number of carbonyl (C=O) groups is 2. The Balaban J connectivity index is 1.52. The minimum Gasteiger partial charge on any atom is -0.478 e. The van der Waals surface area contributed by atoms with Gasteiger partial charge in [0.1, 0.15) is 6.61 Å². The predicted molar refractivity (Wildman–Crippen MR) is 149 cm³/mol. The third-order valence-corrected chi connectivity index (χ3v) is 7.50. The number of anilines is 1. The van der Waals surface area contributed by atoms with Crippen LogP contribution >= 0.6 is 11.8 Å². The fourth-order valence-corrected chi connectivity index (χ4v) is 5.26. The second-order valence-corrected chi connectivity index (χ2v) is 10.2. The highest BCUT2D eigenvalue weighted by molar-refractivity contribution is 7.99. The van der Waals surface area contributed by atoms with Crippen LogP contribution in [-0.2, 0) is 20.8 Å². The summed E-state index contributed by atoms with van der Waals surface area (Å²) in [7, 11) is 0. The first-order valence-electron chi connectivity index (χ1n) is 12.5. The molecule has 0 radical (unpaired) electrons. The quantitative estimate of drug-likeness (QED) is 0.202. The van der Waals surface area contributed by atoms with Crippen molar-refractivity contribution in [3.05, 3.63) is 108 Å². The SMILES string of the molecule is C=CCOC(=O)Nc1ccc([C@@H]2O[C@H](CSc3ccc(C(=O)O)cc3)[C@H](C)[C@H](c3ccc(CO)cc3)O2)cc1. The zero-order valence-electron chi connectivity index (χ0n) is 21.5. The van der Waals surface area contributed by atoms with Gasteiger partial charge < -0.3 is 24.4 Å². The lowest BCUT2D eigenvalue weighted by Crippen LogP contribution is -2.38. The Morgan fingerprint density at radius 1 is 1.00 bits per heavy atom. The normalized spacial score (nSPS) is 20.7. The van der Waals surface area contributed by atoms with Crippen molar-refractivity contribution >= 4 is 29.5 Å². The summed E-state index contributed by atoms with van der Waals surface area (Å²) < 4.78 is 17.9. The van der Waals surface area contributed by atoms with Gasteiger partial charge in [-0.3, -0.25) is 5.32 Å². The molecule has 1 aliphatic heterocycles. The van der Waals surface area contributed by atoms with E-state index in [2.05, 4.69) is 18.8 Å². The van der Waals surface area contributed by atoms with Gasteiger partial charge in [-0.25, -0.2) is 9.59 Å². The summed E-state index contributed by atoms with van der Waals surface area (Å²) >= 11 is 1.59. The first-order valence-corrected chi connectivity index (χ1v) is 13.5. The minimum atomic E-state index is -0.958. The van der Waals surface area contributed by atoms with Crippen LogP contribution in [0.1, 0.15) is 46.4 Å². The van der Waals surface area contributed by atoms with Gasteiger partial charge in [0, 0.05) is 27.8 Å². The summed E-state index contributed by atoms with van der Waals surface area (Å²) in [5.41, 5.74) is 3.42. The van der Waals surface area contributed by atoms with Gasteiger partial charge in [-0.15, -0.1) is 11.8 Å². The molecule has 4 atom stereocenters. The highest BCUT2D eigenvalue weighted by Gasteiger charge is 2.38. The highest BCUT2D eigenvalue weighted by Crippen LogP contribution is 2.43. The maximum Gasteiger partial charge on any atom is 0.411 e. The Labute approximate surface area is 231 Å². The second-order valence-electron chi connectivity index (χ2n) is 9.10. The van der Waals surface area contributed by atoms with Gasteiger partial charge in [0.25, 0.3) is 0 Å². The molecular weight excluding hydrogens is 518 g/mol. The maximum atomic E-state index is 11.8. The van der Waals surface area contributed by atoms with Crippen molar-refractivity contribution in [3.63, 3.8) is 0 Å². The number of aliphatic hydroxyl groups excluding tert-OH is 1. The number of thioether (sulfide) groups is 1. The summed E-state index contributed by atoms with van der Waals surface area (Å²) in [6, 6.07) is 21.7. The Kier molecular flexibility index (Phi) is 9.78. The van der Waals surface area contributed by atoms with Gasteiger partial charge in [-0.1, -0.05) is 56.0 Å². The first kappa shape index (κ1) is 28.4. The molecule has 0 saturated carbocycles. The Morgan fingerprint density at radius 3 is 2.28 bits per heavy atom. The van der Waals surface area contributed by atoms with E-state index in [0.717, 1.165) is 21.6 Å². The molecule has 204 valence electrons. The molecule has 9 heteroatoms. The lowest BCUT2D eigenvalue weighted by atomic mass is 9.91. The fourth-order valence-electron chi connectivity index (χ4n) is 4.19. The standard InChI is InChI=1S/C30H31NO7S/c1-3-16-36-30(35)31-24-12-8-23(9-13-24)29-37-26(18-39-25-14-10-22(11-15-25)28(33)34)19(2)27(38-29)21-6-4-20(17-32)5-7-21/h3-15,19,26-27,29,32H,1,16-18H2,2H3,(H,31,35)(H,33,34)/t19-,26+,27+,29+/m0/s1. The number of hydrogen-bond acceptors (Lipinski definition) is 7. The van der Waals surface area contributed by atoms with Crippen LogP contribution in [0.5, 0.6) is 0 Å². The van der Waals surface area contributed by atoms with Gasteiger partial charge >= 0.3 is 12.1 Å². The van der Waals surface area contributed by atoms with Crippen molar-refractivity contribution in [2.45, 2.75) is 36.9 Å². The summed E-state index contributed by atoms with van der Waals surface area (Å²) in [5, 5.41) is 21.3. The summed E-state index contributed by atoms with van der Waals surface area (Å²) in [4.78, 5) is 24.0. The second kappa shape index (κ2) is 13.4. The number of nitrogens with one attached hydrogen (secondary N) is 1. The van der Waals surface area contributed by atoms with E-state index < -0.39 is 18.4 Å². The zero-order valence-corrected chi connectivity index (χ0v) is 22.3. The molecule has 3 N–H and O–H groups in total. The molecule has 1 amide bonds. The molecule has 1 aliphatic rings. The van der Waals surface area contributed by atoms with Crippen molar-refractivity contribution in [1.29, 1.82) is 0 Å². The average Bonchev–Trinajstić information content (AvgIpc) is 2.96. The van der Waals surface area contributed by atoms with E-state index in [4.69, 9.17) is 19.3 Å². The molecule has 39 heavy (non-hydrogen) atoms. The van der Waals surface area contributed by atoms with Gasteiger partial charge in [0.05, 0.1) is 24.4 Å². The molecule has 1 saturated heterocycles. The third kappa shape index (κ3) is 7.48. The summed E-state index contributed by atoms with van der Waals surface area (Å²) in [5.74, 6) is -0.318. The average molecular weight is 550 g/mol. The number of rotatable bonds is 10. The Morgan fingerprint density at radius 2 is 1.67 bits per heavy atom. The van der Waals surface area contributed by atoms with E-state index in [1.165, 1.54) is 6.08 Å². The van der Waals surface area contributed by atoms with Crippen molar-refractivity contribution in [2.75, 3.05) is 17.7 Å². The zero-order chi connectivity index (χ0) is 27.8. The Hall–Kier alpha value is -3.63. The number of benzene rings is 3. The minimum absolute atomic E-state index is 0.00703. The summed E-state index contributed by atoms with van der Waals surface area (Å²) in [6.07, 6.45) is -0.160. The van der Waals surface area contributed by atoms with Crippen LogP contribution in [0.3, 0.4) is 0 Å². The number of aromatic carboxylic acids is 1. The van der Waals surface area contributed by atoms with E-state index in [0.29, 0.717) is 11.4 Å². The maximum absolute atomic E-state index is 11.8. The number of carboxylic acids is 1. The lowest BCUT2D eigenvalue weighted by Gasteiger charge is -2.41. The van der Waals surface area contributed by atoms with E-state index in [1.807, 2.05) is 36.4 Å². The molecule has 3 aromatic carbocycles. The summed E-state index contributed by atoms with van der Waals surface area (Å²) in [6.45, 7) is 5.70. The van der Waals surface area contributed by atoms with Crippen molar-refractivity contribution < 1.29 is 34.0 Å². The van der Waals surface area contributed by atoms with Gasteiger partial charge in [0.2, 0.25) is 0 Å². The third-order valence-electron chi connectivity index (χ3n) is 6.40. The molecule has 0 spiro atoms. The van der Waals surface area contributed by atoms with E-state index in [9.17, 15) is 14.7 Å². The molecule has 0 aliphatic carbocycles. The molecular formula is C30H31NO7S. The molecule has 8 nitrogen and oxygen atoms in total.